The van der Waals surface area contributed by atoms with Crippen molar-refractivity contribution in [2.75, 3.05) is 19.0 Å². The largest absolute Gasteiger partial charge is 0.367 e. The normalized spacial score (nSPS) is 19.5. The Morgan fingerprint density at radius 2 is 2.14 bits per heavy atom. The van der Waals surface area contributed by atoms with E-state index in [1.54, 1.807) is 7.11 Å². The highest BCUT2D eigenvalue weighted by Gasteiger charge is 2.19. The van der Waals surface area contributed by atoms with E-state index in [0.29, 0.717) is 6.04 Å². The van der Waals surface area contributed by atoms with Gasteiger partial charge in [0, 0.05) is 49.4 Å². The Hall–Kier alpha value is -2.60. The van der Waals surface area contributed by atoms with Gasteiger partial charge in [-0.1, -0.05) is 6.92 Å². The number of allylic oxidation sites excluding steroid dienone is 2. The summed E-state index contributed by atoms with van der Waals surface area (Å²) in [6, 6.07) is 2.73. The zero-order chi connectivity index (χ0) is 19.5. The zero-order valence-electron chi connectivity index (χ0n) is 16.9. The van der Waals surface area contributed by atoms with Crippen molar-refractivity contribution < 1.29 is 4.74 Å². The lowest BCUT2D eigenvalue weighted by Crippen LogP contribution is -2.33. The van der Waals surface area contributed by atoms with Crippen LogP contribution >= 0.6 is 0 Å². The molecule has 0 saturated heterocycles. The molecule has 4 rings (SSSR count). The average molecular weight is 380 g/mol. The summed E-state index contributed by atoms with van der Waals surface area (Å²) < 4.78 is 7.45. The number of hydrogen-bond donors (Lipinski definition) is 1. The van der Waals surface area contributed by atoms with E-state index in [1.165, 1.54) is 24.8 Å². The maximum Gasteiger partial charge on any atom is 0.149 e. The Balaban J connectivity index is 1.53. The molecule has 0 spiro atoms. The summed E-state index contributed by atoms with van der Waals surface area (Å²) in [5.74, 6) is 0.970. The fourth-order valence-corrected chi connectivity index (χ4v) is 3.68. The first kappa shape index (κ1) is 18.7. The van der Waals surface area contributed by atoms with Crippen molar-refractivity contribution in [3.63, 3.8) is 0 Å². The van der Waals surface area contributed by atoms with Crippen LogP contribution in [0.2, 0.25) is 0 Å². The van der Waals surface area contributed by atoms with Gasteiger partial charge in [-0.3, -0.25) is 0 Å². The van der Waals surface area contributed by atoms with Gasteiger partial charge in [0.2, 0.25) is 0 Å². The van der Waals surface area contributed by atoms with Gasteiger partial charge >= 0.3 is 0 Å². The van der Waals surface area contributed by atoms with Crippen molar-refractivity contribution in [1.29, 1.82) is 0 Å². The van der Waals surface area contributed by atoms with Crippen molar-refractivity contribution in [2.24, 2.45) is 0 Å². The van der Waals surface area contributed by atoms with Crippen molar-refractivity contribution in [2.45, 2.75) is 51.8 Å². The van der Waals surface area contributed by atoms with E-state index in [4.69, 9.17) is 4.74 Å². The first-order valence-corrected chi connectivity index (χ1v) is 10.1. The molecule has 148 valence electrons. The predicted molar refractivity (Wildman–Crippen MR) is 113 cm³/mol. The van der Waals surface area contributed by atoms with Crippen LogP contribution in [0.15, 0.2) is 43.0 Å². The summed E-state index contributed by atoms with van der Waals surface area (Å²) in [4.78, 5) is 6.81. The van der Waals surface area contributed by atoms with Gasteiger partial charge in [-0.25, -0.2) is 9.67 Å². The average Bonchev–Trinajstić information content (AvgIpc) is 3.15. The smallest absolute Gasteiger partial charge is 0.149 e. The fourth-order valence-electron chi connectivity index (χ4n) is 3.68. The molecule has 0 amide bonds. The molecule has 0 radical (unpaired) electrons. The van der Waals surface area contributed by atoms with Gasteiger partial charge < -0.3 is 15.0 Å². The van der Waals surface area contributed by atoms with Crippen LogP contribution in [0.1, 0.15) is 38.2 Å². The Bertz CT molecular complexity index is 881. The molecule has 1 saturated carbocycles. The van der Waals surface area contributed by atoms with E-state index in [2.05, 4.69) is 64.8 Å². The molecule has 6 nitrogen and oxygen atoms in total. The van der Waals surface area contributed by atoms with E-state index < -0.39 is 0 Å². The molecule has 0 bridgehead atoms. The summed E-state index contributed by atoms with van der Waals surface area (Å²) in [7, 11) is 1.74. The number of aryl methyl sites for hydroxylation is 1. The lowest BCUT2D eigenvalue weighted by atomic mass is 9.93. The monoisotopic (exact) mass is 379 g/mol. The molecular weight excluding hydrogens is 350 g/mol. The number of rotatable bonds is 7. The van der Waals surface area contributed by atoms with Crippen molar-refractivity contribution in [1.82, 2.24) is 19.7 Å². The Labute approximate surface area is 166 Å². The standard InChI is InChI=1S/C22H29N5O/c1-4-10-26-15-19(8-9-22(26)28-3)27-14-17(12-24-27)20-13-23-21(11-16(20)2)25-18-6-5-7-18/h8-9,11-15,18,22H,4-7,10H2,1-3H3,(H,23,25). The number of anilines is 1. The molecule has 2 aromatic heterocycles. The Morgan fingerprint density at radius 1 is 1.29 bits per heavy atom. The van der Waals surface area contributed by atoms with Crippen LogP contribution in [-0.2, 0) is 4.74 Å². The summed E-state index contributed by atoms with van der Waals surface area (Å²) >= 11 is 0. The second-order valence-electron chi connectivity index (χ2n) is 7.61. The molecule has 1 unspecified atom stereocenters. The molecule has 1 fully saturated rings. The van der Waals surface area contributed by atoms with Gasteiger partial charge in [0.1, 0.15) is 12.0 Å². The third kappa shape index (κ3) is 3.83. The van der Waals surface area contributed by atoms with Crippen LogP contribution in [0.4, 0.5) is 5.82 Å². The van der Waals surface area contributed by atoms with Crippen LogP contribution in [0, 0.1) is 6.92 Å². The maximum absolute atomic E-state index is 5.53. The molecule has 0 aromatic carbocycles. The number of pyridine rings is 1. The number of nitrogens with zero attached hydrogens (tertiary/aromatic N) is 4. The van der Waals surface area contributed by atoms with Crippen LogP contribution < -0.4 is 5.32 Å². The molecule has 2 aliphatic rings. The fraction of sp³-hybridized carbons (Fsp3) is 0.455. The SMILES string of the molecule is CCCN1C=C(n2cc(-c3cnc(NC4CCC4)cc3C)cn2)C=CC1OC. The summed E-state index contributed by atoms with van der Waals surface area (Å²) in [6.07, 6.45) is 17.0. The minimum Gasteiger partial charge on any atom is -0.367 e. The maximum atomic E-state index is 5.53. The van der Waals surface area contributed by atoms with Crippen LogP contribution in [0.3, 0.4) is 0 Å². The summed E-state index contributed by atoms with van der Waals surface area (Å²) in [5, 5.41) is 8.10. The van der Waals surface area contributed by atoms with Crippen molar-refractivity contribution >= 4 is 11.5 Å². The lowest BCUT2D eigenvalue weighted by molar-refractivity contribution is 0.0305. The van der Waals surface area contributed by atoms with Gasteiger partial charge in [-0.15, -0.1) is 0 Å². The van der Waals surface area contributed by atoms with Crippen LogP contribution in [-0.4, -0.2) is 45.6 Å². The predicted octanol–water partition coefficient (Wildman–Crippen LogP) is 4.27. The molecule has 1 aliphatic heterocycles. The highest BCUT2D eigenvalue weighted by molar-refractivity contribution is 5.68. The minimum atomic E-state index is -0.0131. The third-order valence-corrected chi connectivity index (χ3v) is 5.51. The molecule has 6 heteroatoms. The van der Waals surface area contributed by atoms with E-state index >= 15 is 0 Å². The Kier molecular flexibility index (Phi) is 5.48. The number of nitrogens with one attached hydrogen (secondary N) is 1. The van der Waals surface area contributed by atoms with Crippen molar-refractivity contribution in [3.8, 4) is 11.1 Å². The quantitative estimate of drug-likeness (QED) is 0.778. The zero-order valence-corrected chi connectivity index (χ0v) is 16.9. The third-order valence-electron chi connectivity index (χ3n) is 5.51. The summed E-state index contributed by atoms with van der Waals surface area (Å²) in [5.41, 5.74) is 4.43. The van der Waals surface area contributed by atoms with E-state index in [-0.39, 0.29) is 6.23 Å². The van der Waals surface area contributed by atoms with Crippen LogP contribution in [0.5, 0.6) is 0 Å². The first-order chi connectivity index (χ1) is 13.7. The Morgan fingerprint density at radius 3 is 2.82 bits per heavy atom. The molecule has 1 aliphatic carbocycles. The highest BCUT2D eigenvalue weighted by Crippen LogP contribution is 2.28. The van der Waals surface area contributed by atoms with Crippen molar-refractivity contribution in [3.05, 3.63) is 48.6 Å². The molecule has 1 atom stereocenters. The summed E-state index contributed by atoms with van der Waals surface area (Å²) in [6.45, 7) is 5.25. The van der Waals surface area contributed by atoms with E-state index in [0.717, 1.165) is 35.6 Å². The lowest BCUT2D eigenvalue weighted by Gasteiger charge is -2.30. The second-order valence-corrected chi connectivity index (χ2v) is 7.61. The molecule has 1 N–H and O–H groups in total. The highest BCUT2D eigenvalue weighted by atomic mass is 16.5. The van der Waals surface area contributed by atoms with Gasteiger partial charge in [-0.05, 0) is 56.4 Å². The van der Waals surface area contributed by atoms with Gasteiger partial charge in [0.05, 0.1) is 11.9 Å². The molecule has 28 heavy (non-hydrogen) atoms. The topological polar surface area (TPSA) is 55.2 Å². The van der Waals surface area contributed by atoms with Gasteiger partial charge in [-0.2, -0.15) is 5.10 Å². The number of ether oxygens (including phenoxy) is 1. The number of methoxy groups -OCH3 is 1. The second kappa shape index (κ2) is 8.19. The molecule has 3 heterocycles. The first-order valence-electron chi connectivity index (χ1n) is 10.1. The van der Waals surface area contributed by atoms with E-state index in [9.17, 15) is 0 Å². The van der Waals surface area contributed by atoms with E-state index in [1.807, 2.05) is 17.1 Å². The number of aromatic nitrogens is 3. The van der Waals surface area contributed by atoms with Gasteiger partial charge in [0.25, 0.3) is 0 Å². The number of hydrogen-bond acceptors (Lipinski definition) is 5. The molecular formula is C22H29N5O. The van der Waals surface area contributed by atoms with Gasteiger partial charge in [0.15, 0.2) is 0 Å². The molecule has 2 aromatic rings. The minimum absolute atomic E-state index is 0.0131. The van der Waals surface area contributed by atoms with Crippen LogP contribution in [0.25, 0.3) is 16.8 Å².